The van der Waals surface area contributed by atoms with Gasteiger partial charge in [0, 0.05) is 24.5 Å². The number of hydrogen-bond acceptors (Lipinski definition) is 6. The van der Waals surface area contributed by atoms with Gasteiger partial charge in [0.15, 0.2) is 0 Å². The molecule has 41 heavy (non-hydrogen) atoms. The molecule has 4 rings (SSSR count). The van der Waals surface area contributed by atoms with Gasteiger partial charge in [-0.3, -0.25) is 9.59 Å². The quantitative estimate of drug-likeness (QED) is 0.350. The van der Waals surface area contributed by atoms with E-state index in [2.05, 4.69) is 0 Å². The first kappa shape index (κ1) is 31.0. The summed E-state index contributed by atoms with van der Waals surface area (Å²) in [5.74, 6) is -0.740. The number of amides is 2. The number of alkyl halides is 6. The van der Waals surface area contributed by atoms with Gasteiger partial charge in [-0.05, 0) is 48.4 Å². The summed E-state index contributed by atoms with van der Waals surface area (Å²) in [6, 6.07) is 6.91. The third-order valence-corrected chi connectivity index (χ3v) is 7.35. The number of piperazine rings is 1. The van der Waals surface area contributed by atoms with Crippen LogP contribution in [0.5, 0.6) is 0 Å². The normalized spacial score (nSPS) is 21.3. The Labute approximate surface area is 236 Å². The molecule has 2 aromatic rings. The van der Waals surface area contributed by atoms with Crippen molar-refractivity contribution in [2.75, 3.05) is 19.6 Å². The molecule has 0 saturated carbocycles. The summed E-state index contributed by atoms with van der Waals surface area (Å²) in [5.41, 5.74) is 2.87. The molecule has 2 aromatic carbocycles. The molecule has 2 amide bonds. The van der Waals surface area contributed by atoms with Gasteiger partial charge in [0.2, 0.25) is 18.2 Å². The number of aliphatic hydroxyl groups is 1. The molecule has 0 aliphatic carbocycles. The number of halogens is 7. The van der Waals surface area contributed by atoms with Crippen LogP contribution in [0.15, 0.2) is 42.5 Å². The van der Waals surface area contributed by atoms with Crippen molar-refractivity contribution in [2.24, 2.45) is 5.73 Å². The molecule has 2 fully saturated rings. The van der Waals surface area contributed by atoms with E-state index in [1.807, 2.05) is 0 Å². The Morgan fingerprint density at radius 3 is 2.27 bits per heavy atom. The van der Waals surface area contributed by atoms with Gasteiger partial charge in [-0.2, -0.15) is 26.3 Å². The first-order valence-electron chi connectivity index (χ1n) is 12.6. The molecular formula is C26H27ClF6N4O4. The minimum Gasteiger partial charge on any atom is -0.356 e. The lowest BCUT2D eigenvalue weighted by Crippen LogP contribution is -2.72. The van der Waals surface area contributed by atoms with Gasteiger partial charge >= 0.3 is 12.4 Å². The molecule has 2 saturated heterocycles. The van der Waals surface area contributed by atoms with Crippen LogP contribution >= 0.6 is 11.6 Å². The molecule has 3 atom stereocenters. The molecule has 8 nitrogen and oxygen atoms in total. The average Bonchev–Trinajstić information content (AvgIpc) is 2.90. The molecule has 0 aromatic heterocycles. The second-order valence-electron chi connectivity index (χ2n) is 9.72. The summed E-state index contributed by atoms with van der Waals surface area (Å²) in [5, 5.41) is 11.3. The standard InChI is InChI=1S/C26H27ClF6N4O4/c27-19-4-2-1-3-16(19)12-35-13-21-36(8-6-22(38)37(21)20(5-7-34)23(35)39)24(40)41-14-15-9-17(25(28,29)30)11-18(10-15)26(31,32)33/h1-4,9-11,20-21,24,40H,5-8,12-14,34H2/t20-,21+,24?/m0/s1. The SMILES string of the molecule is NCC[C@H]1C(=O)N(Cc2ccccc2Cl)C[C@@H]2N(C(O)OCc3cc(C(F)(F)F)cc(C(F)(F)F)c3)CCC(=O)N21. The van der Waals surface area contributed by atoms with Crippen molar-refractivity contribution in [3.63, 3.8) is 0 Å². The van der Waals surface area contributed by atoms with Crippen molar-refractivity contribution in [3.05, 3.63) is 69.7 Å². The second kappa shape index (κ2) is 12.1. The van der Waals surface area contributed by atoms with Crippen LogP contribution in [0, 0.1) is 0 Å². The molecule has 0 bridgehead atoms. The molecule has 15 heteroatoms. The maximum absolute atomic E-state index is 13.4. The predicted molar refractivity (Wildman–Crippen MR) is 134 cm³/mol. The summed E-state index contributed by atoms with van der Waals surface area (Å²) in [7, 11) is 0. The van der Waals surface area contributed by atoms with Gasteiger partial charge in [0.1, 0.15) is 12.2 Å². The largest absolute Gasteiger partial charge is 0.416 e. The van der Waals surface area contributed by atoms with E-state index in [0.717, 1.165) is 0 Å². The van der Waals surface area contributed by atoms with Crippen LogP contribution in [0.2, 0.25) is 5.02 Å². The van der Waals surface area contributed by atoms with Crippen LogP contribution in [0.3, 0.4) is 0 Å². The van der Waals surface area contributed by atoms with Crippen molar-refractivity contribution < 1.29 is 45.8 Å². The molecule has 1 unspecified atom stereocenters. The maximum atomic E-state index is 13.4. The van der Waals surface area contributed by atoms with E-state index in [-0.39, 0.29) is 56.9 Å². The van der Waals surface area contributed by atoms with Gasteiger partial charge in [0.25, 0.3) is 0 Å². The van der Waals surface area contributed by atoms with E-state index >= 15 is 0 Å². The Balaban J connectivity index is 1.57. The van der Waals surface area contributed by atoms with Gasteiger partial charge in [0.05, 0.1) is 24.3 Å². The number of carbonyl (C=O) groups is 2. The third-order valence-electron chi connectivity index (χ3n) is 6.98. The summed E-state index contributed by atoms with van der Waals surface area (Å²) in [4.78, 5) is 30.4. The second-order valence-corrected chi connectivity index (χ2v) is 10.1. The molecule has 3 N–H and O–H groups in total. The fourth-order valence-corrected chi connectivity index (χ4v) is 5.24. The topological polar surface area (TPSA) is 99.3 Å². The van der Waals surface area contributed by atoms with E-state index in [1.54, 1.807) is 24.3 Å². The molecular weight excluding hydrogens is 582 g/mol. The molecule has 0 radical (unpaired) electrons. The highest BCUT2D eigenvalue weighted by molar-refractivity contribution is 6.31. The smallest absolute Gasteiger partial charge is 0.356 e. The molecule has 224 valence electrons. The van der Waals surface area contributed by atoms with E-state index < -0.39 is 54.3 Å². The van der Waals surface area contributed by atoms with E-state index in [4.69, 9.17) is 22.1 Å². The molecule has 2 heterocycles. The lowest BCUT2D eigenvalue weighted by molar-refractivity contribution is -0.245. The maximum Gasteiger partial charge on any atom is 0.416 e. The predicted octanol–water partition coefficient (Wildman–Crippen LogP) is 3.79. The molecule has 0 spiro atoms. The van der Waals surface area contributed by atoms with Gasteiger partial charge in [-0.15, -0.1) is 0 Å². The molecule has 2 aliphatic rings. The Morgan fingerprint density at radius 2 is 1.68 bits per heavy atom. The summed E-state index contributed by atoms with van der Waals surface area (Å²) in [6.45, 7) is -0.740. The molecule has 2 aliphatic heterocycles. The van der Waals surface area contributed by atoms with E-state index in [1.165, 1.54) is 14.7 Å². The minimum atomic E-state index is -5.04. The number of fused-ring (bicyclic) bond motifs is 1. The van der Waals surface area contributed by atoms with Gasteiger partial charge in [-0.25, -0.2) is 4.90 Å². The van der Waals surface area contributed by atoms with E-state index in [9.17, 15) is 41.0 Å². The van der Waals surface area contributed by atoms with Crippen molar-refractivity contribution in [1.82, 2.24) is 14.7 Å². The van der Waals surface area contributed by atoms with Crippen molar-refractivity contribution >= 4 is 23.4 Å². The Bertz CT molecular complexity index is 1250. The number of aliphatic hydroxyl groups excluding tert-OH is 1. The van der Waals surface area contributed by atoms with Crippen LogP contribution in [-0.4, -0.2) is 69.9 Å². The number of rotatable bonds is 8. The number of hydrogen-bond donors (Lipinski definition) is 2. The number of carbonyl (C=O) groups excluding carboxylic acids is 2. The van der Waals surface area contributed by atoms with Crippen LogP contribution in [-0.2, 0) is 39.8 Å². The van der Waals surface area contributed by atoms with Crippen LogP contribution in [0.25, 0.3) is 0 Å². The van der Waals surface area contributed by atoms with Crippen LogP contribution in [0.1, 0.15) is 35.1 Å². The summed E-state index contributed by atoms with van der Waals surface area (Å²) >= 11 is 6.27. The Morgan fingerprint density at radius 1 is 1.05 bits per heavy atom. The van der Waals surface area contributed by atoms with Crippen molar-refractivity contribution in [2.45, 2.75) is 57.0 Å². The summed E-state index contributed by atoms with van der Waals surface area (Å²) < 4.78 is 84.8. The summed E-state index contributed by atoms with van der Waals surface area (Å²) in [6.07, 6.45) is -12.8. The highest BCUT2D eigenvalue weighted by atomic mass is 35.5. The number of nitrogens with zero attached hydrogens (tertiary/aromatic N) is 3. The third kappa shape index (κ3) is 6.95. The monoisotopic (exact) mass is 608 g/mol. The highest BCUT2D eigenvalue weighted by Gasteiger charge is 2.49. The Kier molecular flexibility index (Phi) is 9.19. The van der Waals surface area contributed by atoms with Crippen molar-refractivity contribution in [1.29, 1.82) is 0 Å². The van der Waals surface area contributed by atoms with E-state index in [0.29, 0.717) is 22.7 Å². The number of ether oxygens (including phenoxy) is 1. The van der Waals surface area contributed by atoms with Crippen LogP contribution in [0.4, 0.5) is 26.3 Å². The first-order valence-corrected chi connectivity index (χ1v) is 13.0. The first-order chi connectivity index (χ1) is 19.2. The van der Waals surface area contributed by atoms with Crippen molar-refractivity contribution in [3.8, 4) is 0 Å². The number of nitrogens with two attached hydrogens (primary N) is 1. The zero-order chi connectivity index (χ0) is 30.1. The fourth-order valence-electron chi connectivity index (χ4n) is 5.04. The zero-order valence-corrected chi connectivity index (χ0v) is 22.2. The number of benzene rings is 2. The van der Waals surface area contributed by atoms with Gasteiger partial charge < -0.3 is 25.4 Å². The zero-order valence-electron chi connectivity index (χ0n) is 21.5. The average molecular weight is 609 g/mol. The fraction of sp³-hybridized carbons (Fsp3) is 0.462. The highest BCUT2D eigenvalue weighted by Crippen LogP contribution is 2.37. The van der Waals surface area contributed by atoms with Gasteiger partial charge in [-0.1, -0.05) is 29.8 Å². The van der Waals surface area contributed by atoms with Crippen LogP contribution < -0.4 is 5.73 Å². The lowest BCUT2D eigenvalue weighted by Gasteiger charge is -2.53. The Hall–Kier alpha value is -2.91. The minimum absolute atomic E-state index is 0.00173. The lowest BCUT2D eigenvalue weighted by atomic mass is 10.0.